The Balaban J connectivity index is 1.54. The van der Waals surface area contributed by atoms with Crippen LogP contribution in [0.15, 0.2) is 40.8 Å². The first-order valence-electron chi connectivity index (χ1n) is 8.96. The monoisotopic (exact) mass is 358 g/mol. The Morgan fingerprint density at radius 3 is 2.54 bits per heavy atom. The van der Waals surface area contributed by atoms with Crippen molar-refractivity contribution in [2.45, 2.75) is 19.9 Å². The van der Waals surface area contributed by atoms with Gasteiger partial charge >= 0.3 is 0 Å². The molecular formula is C20H26N2O4. The van der Waals surface area contributed by atoms with Gasteiger partial charge in [-0.3, -0.25) is 9.69 Å². The van der Waals surface area contributed by atoms with Crippen LogP contribution in [0.5, 0.6) is 5.75 Å². The van der Waals surface area contributed by atoms with E-state index in [4.69, 9.17) is 13.9 Å². The molecule has 1 saturated heterocycles. The Morgan fingerprint density at radius 2 is 1.88 bits per heavy atom. The molecule has 0 spiro atoms. The van der Waals surface area contributed by atoms with Crippen LogP contribution >= 0.6 is 0 Å². The molecule has 0 unspecified atom stereocenters. The second-order valence-corrected chi connectivity index (χ2v) is 6.52. The van der Waals surface area contributed by atoms with Gasteiger partial charge in [0.1, 0.15) is 17.3 Å². The van der Waals surface area contributed by atoms with E-state index in [1.165, 1.54) is 0 Å². The maximum atomic E-state index is 12.2. The lowest BCUT2D eigenvalue weighted by Gasteiger charge is -2.33. The number of nitrogens with zero attached hydrogens (tertiary/aromatic N) is 1. The van der Waals surface area contributed by atoms with Crippen LogP contribution < -0.4 is 10.1 Å². The molecule has 0 saturated carbocycles. The van der Waals surface area contributed by atoms with Gasteiger partial charge in [-0.15, -0.1) is 0 Å². The molecule has 3 rings (SSSR count). The summed E-state index contributed by atoms with van der Waals surface area (Å²) in [6.45, 7) is 7.44. The number of carbonyl (C=O) groups is 1. The summed E-state index contributed by atoms with van der Waals surface area (Å²) in [5, 5.41) is 2.96. The zero-order valence-corrected chi connectivity index (χ0v) is 15.4. The highest BCUT2D eigenvalue weighted by molar-refractivity contribution is 5.77. The van der Waals surface area contributed by atoms with Gasteiger partial charge in [-0.05, 0) is 38.1 Å². The smallest absolute Gasteiger partial charge is 0.258 e. The molecule has 0 aliphatic carbocycles. The summed E-state index contributed by atoms with van der Waals surface area (Å²) in [4.78, 5) is 14.5. The van der Waals surface area contributed by atoms with E-state index < -0.39 is 0 Å². The molecule has 26 heavy (non-hydrogen) atoms. The molecule has 1 aromatic heterocycles. The van der Waals surface area contributed by atoms with Crippen molar-refractivity contribution >= 4 is 5.91 Å². The molecule has 1 aromatic carbocycles. The van der Waals surface area contributed by atoms with Crippen LogP contribution in [0.1, 0.15) is 23.1 Å². The Labute approximate surface area is 154 Å². The molecule has 1 aliphatic rings. The fourth-order valence-corrected chi connectivity index (χ4v) is 2.98. The van der Waals surface area contributed by atoms with Crippen LogP contribution in [0.2, 0.25) is 0 Å². The Morgan fingerprint density at radius 1 is 1.15 bits per heavy atom. The first-order valence-corrected chi connectivity index (χ1v) is 8.96. The summed E-state index contributed by atoms with van der Waals surface area (Å²) in [6, 6.07) is 11.6. The lowest BCUT2D eigenvalue weighted by molar-refractivity contribution is -0.123. The molecule has 1 fully saturated rings. The zero-order valence-electron chi connectivity index (χ0n) is 15.4. The molecule has 6 nitrogen and oxygen atoms in total. The number of hydrogen-bond acceptors (Lipinski definition) is 5. The number of hydrogen-bond donors (Lipinski definition) is 1. The third-order valence-corrected chi connectivity index (χ3v) is 4.46. The van der Waals surface area contributed by atoms with Crippen molar-refractivity contribution in [2.24, 2.45) is 0 Å². The SMILES string of the molecule is Cc1ccc(OCC(=O)NC[C@H](c2ccc(C)o2)N2CCOCC2)cc1. The summed E-state index contributed by atoms with van der Waals surface area (Å²) < 4.78 is 16.8. The topological polar surface area (TPSA) is 63.9 Å². The van der Waals surface area contributed by atoms with Crippen molar-refractivity contribution in [1.82, 2.24) is 10.2 Å². The third-order valence-electron chi connectivity index (χ3n) is 4.46. The molecule has 6 heteroatoms. The second-order valence-electron chi connectivity index (χ2n) is 6.52. The van der Waals surface area contributed by atoms with Crippen molar-refractivity contribution < 1.29 is 18.7 Å². The number of ether oxygens (including phenoxy) is 2. The minimum Gasteiger partial charge on any atom is -0.484 e. The quantitative estimate of drug-likeness (QED) is 0.824. The Bertz CT molecular complexity index is 705. The summed E-state index contributed by atoms with van der Waals surface area (Å²) >= 11 is 0. The Hall–Kier alpha value is -2.31. The molecule has 1 atom stereocenters. The van der Waals surface area contributed by atoms with Crippen LogP contribution in [0.25, 0.3) is 0 Å². The van der Waals surface area contributed by atoms with E-state index in [9.17, 15) is 4.79 Å². The standard InChI is InChI=1S/C20H26N2O4/c1-15-3-6-17(7-4-15)25-14-20(23)21-13-18(19-8-5-16(2)26-19)22-9-11-24-12-10-22/h3-8,18H,9-14H2,1-2H3,(H,21,23)/t18-/m1/s1. The van der Waals surface area contributed by atoms with E-state index in [0.29, 0.717) is 25.5 Å². The summed E-state index contributed by atoms with van der Waals surface area (Å²) in [5.74, 6) is 2.28. The first-order chi connectivity index (χ1) is 12.6. The summed E-state index contributed by atoms with van der Waals surface area (Å²) in [6.07, 6.45) is 0. The minimum absolute atomic E-state index is 0.00377. The van der Waals surface area contributed by atoms with Crippen LogP contribution in [-0.2, 0) is 9.53 Å². The lowest BCUT2D eigenvalue weighted by atomic mass is 10.1. The maximum Gasteiger partial charge on any atom is 0.258 e. The number of nitrogens with one attached hydrogen (secondary N) is 1. The number of rotatable bonds is 7. The van der Waals surface area contributed by atoms with Gasteiger partial charge in [-0.2, -0.15) is 0 Å². The molecule has 1 amide bonds. The molecule has 2 heterocycles. The molecule has 0 bridgehead atoms. The highest BCUT2D eigenvalue weighted by Crippen LogP contribution is 2.23. The van der Waals surface area contributed by atoms with Crippen molar-refractivity contribution in [2.75, 3.05) is 39.5 Å². The lowest BCUT2D eigenvalue weighted by Crippen LogP contribution is -2.44. The van der Waals surface area contributed by atoms with Gasteiger partial charge in [-0.25, -0.2) is 0 Å². The van der Waals surface area contributed by atoms with Crippen LogP contribution in [-0.4, -0.2) is 50.3 Å². The summed E-state index contributed by atoms with van der Waals surface area (Å²) in [5.41, 5.74) is 1.16. The predicted octanol–water partition coefficient (Wildman–Crippen LogP) is 2.46. The second kappa shape index (κ2) is 8.87. The number of carbonyl (C=O) groups excluding carboxylic acids is 1. The highest BCUT2D eigenvalue weighted by Gasteiger charge is 2.25. The molecular weight excluding hydrogens is 332 g/mol. The average molecular weight is 358 g/mol. The van der Waals surface area contributed by atoms with Gasteiger partial charge in [0.15, 0.2) is 6.61 Å². The molecule has 1 N–H and O–H groups in total. The summed E-state index contributed by atoms with van der Waals surface area (Å²) in [7, 11) is 0. The van der Waals surface area contributed by atoms with Gasteiger partial charge in [0, 0.05) is 19.6 Å². The van der Waals surface area contributed by atoms with E-state index in [2.05, 4.69) is 10.2 Å². The number of aryl methyl sites for hydroxylation is 2. The largest absolute Gasteiger partial charge is 0.484 e. The molecule has 2 aromatic rings. The molecule has 0 radical (unpaired) electrons. The van der Waals surface area contributed by atoms with Crippen LogP contribution in [0, 0.1) is 13.8 Å². The fraction of sp³-hybridized carbons (Fsp3) is 0.450. The van der Waals surface area contributed by atoms with Crippen molar-refractivity contribution in [3.8, 4) is 5.75 Å². The van der Waals surface area contributed by atoms with Gasteiger partial charge < -0.3 is 19.2 Å². The fourth-order valence-electron chi connectivity index (χ4n) is 2.98. The van der Waals surface area contributed by atoms with Gasteiger partial charge in [0.2, 0.25) is 0 Å². The molecule has 1 aliphatic heterocycles. The van der Waals surface area contributed by atoms with Crippen molar-refractivity contribution in [1.29, 1.82) is 0 Å². The minimum atomic E-state index is -0.146. The number of furan rings is 1. The van der Waals surface area contributed by atoms with Gasteiger partial charge in [0.25, 0.3) is 5.91 Å². The van der Waals surface area contributed by atoms with Crippen LogP contribution in [0.3, 0.4) is 0 Å². The van der Waals surface area contributed by atoms with E-state index in [-0.39, 0.29) is 18.6 Å². The van der Waals surface area contributed by atoms with E-state index in [0.717, 1.165) is 30.2 Å². The molecule has 140 valence electrons. The van der Waals surface area contributed by atoms with Crippen molar-refractivity contribution in [3.63, 3.8) is 0 Å². The van der Waals surface area contributed by atoms with Gasteiger partial charge in [-0.1, -0.05) is 17.7 Å². The highest BCUT2D eigenvalue weighted by atomic mass is 16.5. The number of benzene rings is 1. The van der Waals surface area contributed by atoms with E-state index in [1.807, 2.05) is 50.2 Å². The van der Waals surface area contributed by atoms with E-state index in [1.54, 1.807) is 0 Å². The van der Waals surface area contributed by atoms with Crippen LogP contribution in [0.4, 0.5) is 0 Å². The zero-order chi connectivity index (χ0) is 18.4. The van der Waals surface area contributed by atoms with Crippen molar-refractivity contribution in [3.05, 3.63) is 53.5 Å². The first kappa shape index (κ1) is 18.5. The predicted molar refractivity (Wildman–Crippen MR) is 98.3 cm³/mol. The van der Waals surface area contributed by atoms with E-state index >= 15 is 0 Å². The maximum absolute atomic E-state index is 12.2. The Kier molecular flexibility index (Phi) is 6.30. The normalized spacial score (nSPS) is 16.2. The number of amides is 1. The third kappa shape index (κ3) is 5.09. The average Bonchev–Trinajstić information content (AvgIpc) is 3.08. The van der Waals surface area contributed by atoms with Gasteiger partial charge in [0.05, 0.1) is 19.3 Å². The number of morpholine rings is 1.